The Morgan fingerprint density at radius 1 is 1.26 bits per heavy atom. The van der Waals surface area contributed by atoms with Gasteiger partial charge in [-0.2, -0.15) is 13.2 Å². The molecule has 0 spiro atoms. The van der Waals surface area contributed by atoms with E-state index < -0.39 is 21.6 Å². The van der Waals surface area contributed by atoms with Crippen molar-refractivity contribution in [3.05, 3.63) is 23.2 Å². The molecule has 0 aliphatic carbocycles. The number of hydrogen-bond acceptors (Lipinski definition) is 3. The molecule has 0 atom stereocenters. The lowest BCUT2D eigenvalue weighted by atomic mass is 10.3. The molecule has 1 aromatic carbocycles. The minimum absolute atomic E-state index is 0.0336. The fourth-order valence-electron chi connectivity index (χ4n) is 1.21. The van der Waals surface area contributed by atoms with Crippen molar-refractivity contribution >= 4 is 31.3 Å². The van der Waals surface area contributed by atoms with E-state index in [1.807, 2.05) is 0 Å². The molecule has 1 rings (SSSR count). The van der Waals surface area contributed by atoms with Crippen LogP contribution in [-0.4, -0.2) is 21.2 Å². The first-order chi connectivity index (χ1) is 8.59. The molecule has 0 aliphatic heterocycles. The molecule has 0 aromatic heterocycles. The van der Waals surface area contributed by atoms with E-state index in [-0.39, 0.29) is 28.7 Å². The molecule has 0 saturated carbocycles. The van der Waals surface area contributed by atoms with Crippen LogP contribution < -0.4 is 4.74 Å². The van der Waals surface area contributed by atoms with Crippen molar-refractivity contribution < 1.29 is 26.3 Å². The predicted octanol–water partition coefficient (Wildman–Crippen LogP) is 3.99. The van der Waals surface area contributed by atoms with Gasteiger partial charge in [-0.3, -0.25) is 0 Å². The van der Waals surface area contributed by atoms with Gasteiger partial charge in [0, 0.05) is 17.1 Å². The van der Waals surface area contributed by atoms with Crippen LogP contribution in [0.25, 0.3) is 0 Å². The summed E-state index contributed by atoms with van der Waals surface area (Å²) in [7, 11) is 1.20. The molecule has 3 nitrogen and oxygen atoms in total. The van der Waals surface area contributed by atoms with Gasteiger partial charge in [-0.1, -0.05) is 11.6 Å². The Bertz CT molecular complexity index is 543. The van der Waals surface area contributed by atoms with Crippen molar-refractivity contribution in [3.63, 3.8) is 0 Å². The lowest BCUT2D eigenvalue weighted by Crippen LogP contribution is -2.09. The smallest absolute Gasteiger partial charge is 0.389 e. The van der Waals surface area contributed by atoms with E-state index in [0.29, 0.717) is 0 Å². The molecule has 108 valence electrons. The lowest BCUT2D eigenvalue weighted by Gasteiger charge is -2.10. The van der Waals surface area contributed by atoms with Crippen LogP contribution in [0.4, 0.5) is 13.2 Å². The van der Waals surface area contributed by atoms with Gasteiger partial charge in [-0.15, -0.1) is 0 Å². The third kappa shape index (κ3) is 5.88. The van der Waals surface area contributed by atoms with Gasteiger partial charge in [0.05, 0.1) is 16.5 Å². The molecule has 0 heterocycles. The molecule has 0 amide bonds. The summed E-state index contributed by atoms with van der Waals surface area (Å²) in [5.74, 6) is 0.105. The Hall–Kier alpha value is -0.660. The Kier molecular flexibility index (Phi) is 5.34. The third-order valence-corrected chi connectivity index (χ3v) is 3.69. The van der Waals surface area contributed by atoms with Crippen LogP contribution >= 0.6 is 22.3 Å². The number of alkyl halides is 3. The van der Waals surface area contributed by atoms with Crippen molar-refractivity contribution in [2.24, 2.45) is 0 Å². The molecule has 0 fully saturated rings. The highest BCUT2D eigenvalue weighted by molar-refractivity contribution is 8.13. The van der Waals surface area contributed by atoms with Crippen LogP contribution in [0.5, 0.6) is 5.75 Å². The number of hydrogen-bond donors (Lipinski definition) is 0. The highest BCUT2D eigenvalue weighted by Gasteiger charge is 2.26. The van der Waals surface area contributed by atoms with Gasteiger partial charge in [0.15, 0.2) is 0 Å². The van der Waals surface area contributed by atoms with E-state index >= 15 is 0 Å². The first-order valence-corrected chi connectivity index (χ1v) is 7.72. The van der Waals surface area contributed by atoms with Crippen molar-refractivity contribution in [1.29, 1.82) is 0 Å². The van der Waals surface area contributed by atoms with E-state index in [1.54, 1.807) is 0 Å². The van der Waals surface area contributed by atoms with Gasteiger partial charge in [0.25, 0.3) is 9.05 Å². The van der Waals surface area contributed by atoms with Crippen LogP contribution in [0.15, 0.2) is 23.1 Å². The molecule has 0 saturated heterocycles. The Labute approximate surface area is 117 Å². The van der Waals surface area contributed by atoms with E-state index in [9.17, 15) is 21.6 Å². The average molecular weight is 337 g/mol. The number of rotatable bonds is 5. The van der Waals surface area contributed by atoms with Crippen LogP contribution in [0.2, 0.25) is 5.02 Å². The van der Waals surface area contributed by atoms with Crippen molar-refractivity contribution in [2.75, 3.05) is 6.61 Å². The zero-order chi connectivity index (χ0) is 14.7. The molecule has 9 heteroatoms. The molecule has 0 radical (unpaired) electrons. The van der Waals surface area contributed by atoms with Crippen molar-refractivity contribution in [2.45, 2.75) is 23.9 Å². The fraction of sp³-hybridized carbons (Fsp3) is 0.400. The maximum atomic E-state index is 11.9. The standard InChI is InChI=1S/C10H9Cl2F3O3S/c11-8-6-7(19(12,16)17)2-3-9(8)18-5-1-4-10(13,14)15/h2-3,6H,1,4-5H2. The number of ether oxygens (including phenoxy) is 1. The normalized spacial score (nSPS) is 12.5. The monoisotopic (exact) mass is 336 g/mol. The highest BCUT2D eigenvalue weighted by atomic mass is 35.7. The minimum atomic E-state index is -4.23. The van der Waals surface area contributed by atoms with Crippen LogP contribution in [0, 0.1) is 0 Å². The summed E-state index contributed by atoms with van der Waals surface area (Å²) in [4.78, 5) is -0.207. The molecular weight excluding hydrogens is 328 g/mol. The van der Waals surface area contributed by atoms with Gasteiger partial charge >= 0.3 is 6.18 Å². The van der Waals surface area contributed by atoms with E-state index in [1.165, 1.54) is 6.07 Å². The molecule has 0 unspecified atom stereocenters. The Morgan fingerprint density at radius 2 is 1.89 bits per heavy atom. The largest absolute Gasteiger partial charge is 0.492 e. The quantitative estimate of drug-likeness (QED) is 0.603. The molecule has 0 bridgehead atoms. The molecule has 0 N–H and O–H groups in total. The summed E-state index contributed by atoms with van der Waals surface area (Å²) in [6.45, 7) is -0.174. The second kappa shape index (κ2) is 6.19. The molecular formula is C10H9Cl2F3O3S. The third-order valence-electron chi connectivity index (χ3n) is 2.05. The van der Waals surface area contributed by atoms with Gasteiger partial charge in [0.1, 0.15) is 5.75 Å². The van der Waals surface area contributed by atoms with E-state index in [0.717, 1.165) is 12.1 Å². The second-order valence-corrected chi connectivity index (χ2v) is 6.57. The number of benzene rings is 1. The van der Waals surface area contributed by atoms with Gasteiger partial charge in [-0.25, -0.2) is 8.42 Å². The minimum Gasteiger partial charge on any atom is -0.492 e. The summed E-state index contributed by atoms with van der Waals surface area (Å²) in [5, 5.41) is -0.0336. The highest BCUT2D eigenvalue weighted by Crippen LogP contribution is 2.29. The SMILES string of the molecule is O=S(=O)(Cl)c1ccc(OCCCC(F)(F)F)c(Cl)c1. The summed E-state index contributed by atoms with van der Waals surface area (Å²) < 4.78 is 62.7. The summed E-state index contributed by atoms with van der Waals surface area (Å²) >= 11 is 5.73. The summed E-state index contributed by atoms with van der Waals surface area (Å²) in [6, 6.07) is 3.47. The van der Waals surface area contributed by atoms with Gasteiger partial charge in [-0.05, 0) is 24.6 Å². The number of halogens is 5. The zero-order valence-electron chi connectivity index (χ0n) is 9.38. The fourth-order valence-corrected chi connectivity index (χ4v) is 2.28. The Morgan fingerprint density at radius 3 is 2.37 bits per heavy atom. The topological polar surface area (TPSA) is 43.4 Å². The molecule has 1 aromatic rings. The van der Waals surface area contributed by atoms with Gasteiger partial charge < -0.3 is 4.74 Å². The summed E-state index contributed by atoms with van der Waals surface area (Å²) in [5.41, 5.74) is 0. The average Bonchev–Trinajstić information content (AvgIpc) is 2.23. The van der Waals surface area contributed by atoms with Crippen LogP contribution in [-0.2, 0) is 9.05 Å². The first kappa shape index (κ1) is 16.4. The van der Waals surface area contributed by atoms with Crippen LogP contribution in [0.1, 0.15) is 12.8 Å². The van der Waals surface area contributed by atoms with E-state index in [2.05, 4.69) is 0 Å². The van der Waals surface area contributed by atoms with Gasteiger partial charge in [0.2, 0.25) is 0 Å². The molecule has 19 heavy (non-hydrogen) atoms. The van der Waals surface area contributed by atoms with E-state index in [4.69, 9.17) is 27.0 Å². The molecule has 0 aliphatic rings. The summed E-state index contributed by atoms with van der Waals surface area (Å²) in [6.07, 6.45) is -5.40. The Balaban J connectivity index is 2.61. The predicted molar refractivity (Wildman–Crippen MR) is 65.3 cm³/mol. The maximum absolute atomic E-state index is 11.9. The lowest BCUT2D eigenvalue weighted by molar-refractivity contribution is -0.136. The zero-order valence-corrected chi connectivity index (χ0v) is 11.7. The van der Waals surface area contributed by atoms with Crippen LogP contribution in [0.3, 0.4) is 0 Å². The maximum Gasteiger partial charge on any atom is 0.389 e. The van der Waals surface area contributed by atoms with Crippen molar-refractivity contribution in [3.8, 4) is 5.75 Å². The second-order valence-electron chi connectivity index (χ2n) is 3.60. The first-order valence-electron chi connectivity index (χ1n) is 5.03. The van der Waals surface area contributed by atoms with Crippen molar-refractivity contribution in [1.82, 2.24) is 0 Å².